The van der Waals surface area contributed by atoms with Crippen molar-refractivity contribution in [3.63, 3.8) is 0 Å². The van der Waals surface area contributed by atoms with Crippen LogP contribution in [0.25, 0.3) is 5.65 Å². The molecule has 2 rings (SSSR count). The zero-order chi connectivity index (χ0) is 10.1. The van der Waals surface area contributed by atoms with Crippen molar-refractivity contribution in [3.05, 3.63) is 45.5 Å². The van der Waals surface area contributed by atoms with Gasteiger partial charge in [-0.05, 0) is 12.1 Å². The Morgan fingerprint density at radius 1 is 1.50 bits per heavy atom. The van der Waals surface area contributed by atoms with Gasteiger partial charge in [0, 0.05) is 11.4 Å². The molecule has 0 fully saturated rings. The smallest absolute Gasteiger partial charge is 0.259 e. The fraction of sp³-hybridized carbons (Fsp3) is 0.111. The molecule has 0 aliphatic heterocycles. The van der Waals surface area contributed by atoms with Gasteiger partial charge in [0.1, 0.15) is 10.8 Å². The zero-order valence-corrected chi connectivity index (χ0v) is 9.42. The molecule has 0 saturated carbocycles. The molecule has 2 heterocycles. The second kappa shape index (κ2) is 3.71. The summed E-state index contributed by atoms with van der Waals surface area (Å²) in [5.41, 5.74) is 1.12. The van der Waals surface area contributed by atoms with E-state index < -0.39 is 0 Å². The summed E-state index contributed by atoms with van der Waals surface area (Å²) in [5.74, 6) is 0. The number of fused-ring (bicyclic) bond motifs is 1. The van der Waals surface area contributed by atoms with Crippen molar-refractivity contribution in [3.8, 4) is 0 Å². The first-order chi connectivity index (χ1) is 6.72. The zero-order valence-electron chi connectivity index (χ0n) is 7.08. The summed E-state index contributed by atoms with van der Waals surface area (Å²) in [6.07, 6.45) is 0. The number of pyridine rings is 1. The van der Waals surface area contributed by atoms with Gasteiger partial charge in [-0.3, -0.25) is 9.20 Å². The fourth-order valence-electron chi connectivity index (χ4n) is 1.23. The van der Waals surface area contributed by atoms with Crippen LogP contribution in [0.4, 0.5) is 0 Å². The number of aromatic nitrogens is 2. The largest absolute Gasteiger partial charge is 0.269 e. The summed E-state index contributed by atoms with van der Waals surface area (Å²) in [7, 11) is 0. The predicted octanol–water partition coefficient (Wildman–Crippen LogP) is 2.24. The van der Waals surface area contributed by atoms with E-state index in [0.717, 1.165) is 0 Å². The summed E-state index contributed by atoms with van der Waals surface area (Å²) in [6, 6.07) is 6.64. The van der Waals surface area contributed by atoms with Crippen LogP contribution in [0.5, 0.6) is 0 Å². The number of rotatable bonds is 1. The maximum absolute atomic E-state index is 11.6. The van der Waals surface area contributed by atoms with Crippen molar-refractivity contribution in [2.45, 2.75) is 5.33 Å². The summed E-state index contributed by atoms with van der Waals surface area (Å²) in [4.78, 5) is 15.8. The number of hydrogen-bond acceptors (Lipinski definition) is 2. The van der Waals surface area contributed by atoms with Gasteiger partial charge in [-0.15, -0.1) is 0 Å². The SMILES string of the molecule is O=c1cc(CBr)nc2cccc(Cl)n12. The van der Waals surface area contributed by atoms with Crippen molar-refractivity contribution in [1.82, 2.24) is 9.38 Å². The summed E-state index contributed by atoms with van der Waals surface area (Å²) in [5, 5.41) is 0.937. The van der Waals surface area contributed by atoms with Crippen molar-refractivity contribution in [1.29, 1.82) is 0 Å². The molecule has 72 valence electrons. The first-order valence-electron chi connectivity index (χ1n) is 3.95. The lowest BCUT2D eigenvalue weighted by molar-refractivity contribution is 1.01. The Morgan fingerprint density at radius 3 is 3.00 bits per heavy atom. The van der Waals surface area contributed by atoms with Crippen LogP contribution in [0.3, 0.4) is 0 Å². The molecule has 5 heteroatoms. The molecule has 2 aromatic heterocycles. The fourth-order valence-corrected chi connectivity index (χ4v) is 1.76. The van der Waals surface area contributed by atoms with Gasteiger partial charge in [0.15, 0.2) is 0 Å². The van der Waals surface area contributed by atoms with E-state index in [9.17, 15) is 4.79 Å². The second-order valence-electron chi connectivity index (χ2n) is 2.76. The van der Waals surface area contributed by atoms with Crippen molar-refractivity contribution in [2.24, 2.45) is 0 Å². The van der Waals surface area contributed by atoms with Crippen LogP contribution >= 0.6 is 27.5 Å². The maximum atomic E-state index is 11.6. The van der Waals surface area contributed by atoms with Crippen molar-refractivity contribution in [2.75, 3.05) is 0 Å². The van der Waals surface area contributed by atoms with Crippen LogP contribution in [0.1, 0.15) is 5.69 Å². The highest BCUT2D eigenvalue weighted by atomic mass is 79.9. The average molecular weight is 274 g/mol. The first-order valence-corrected chi connectivity index (χ1v) is 5.45. The molecule has 0 aliphatic rings. The van der Waals surface area contributed by atoms with Crippen LogP contribution in [-0.4, -0.2) is 9.38 Å². The Labute approximate surface area is 93.5 Å². The van der Waals surface area contributed by atoms with Gasteiger partial charge in [-0.2, -0.15) is 0 Å². The third-order valence-corrected chi connectivity index (χ3v) is 2.70. The van der Waals surface area contributed by atoms with Crippen molar-refractivity contribution < 1.29 is 0 Å². The van der Waals surface area contributed by atoms with E-state index in [1.807, 2.05) is 0 Å². The molecule has 0 radical (unpaired) electrons. The molecule has 0 saturated heterocycles. The maximum Gasteiger partial charge on any atom is 0.259 e. The molecule has 0 aliphatic carbocycles. The van der Waals surface area contributed by atoms with E-state index in [2.05, 4.69) is 20.9 Å². The van der Waals surface area contributed by atoms with E-state index >= 15 is 0 Å². The van der Waals surface area contributed by atoms with Gasteiger partial charge < -0.3 is 0 Å². The van der Waals surface area contributed by atoms with Crippen LogP contribution in [0.2, 0.25) is 5.15 Å². The number of alkyl halides is 1. The van der Waals surface area contributed by atoms with E-state index in [1.165, 1.54) is 10.5 Å². The second-order valence-corrected chi connectivity index (χ2v) is 3.71. The molecule has 3 nitrogen and oxygen atoms in total. The molecule has 0 bridgehead atoms. The molecule has 14 heavy (non-hydrogen) atoms. The van der Waals surface area contributed by atoms with E-state index in [0.29, 0.717) is 21.8 Å². The third-order valence-electron chi connectivity index (χ3n) is 1.83. The number of nitrogens with zero attached hydrogens (tertiary/aromatic N) is 2. The van der Waals surface area contributed by atoms with Gasteiger partial charge in [0.05, 0.1) is 5.69 Å². The molecule has 0 aromatic carbocycles. The molecule has 0 atom stereocenters. The quantitative estimate of drug-likeness (QED) is 0.590. The monoisotopic (exact) mass is 272 g/mol. The third kappa shape index (κ3) is 1.55. The van der Waals surface area contributed by atoms with Gasteiger partial charge in [0.2, 0.25) is 0 Å². The van der Waals surface area contributed by atoms with Crippen LogP contribution < -0.4 is 5.56 Å². The highest BCUT2D eigenvalue weighted by Gasteiger charge is 2.03. The van der Waals surface area contributed by atoms with Gasteiger partial charge in [-0.1, -0.05) is 33.6 Å². The summed E-state index contributed by atoms with van der Waals surface area (Å²) >= 11 is 9.12. The molecule has 0 N–H and O–H groups in total. The van der Waals surface area contributed by atoms with Gasteiger partial charge in [-0.25, -0.2) is 4.98 Å². The highest BCUT2D eigenvalue weighted by molar-refractivity contribution is 9.08. The minimum atomic E-state index is -0.157. The minimum absolute atomic E-state index is 0.157. The standard InChI is InChI=1S/C9H6BrClN2O/c10-5-6-4-9(14)13-7(11)2-1-3-8(13)12-6/h1-4H,5H2. The lowest BCUT2D eigenvalue weighted by atomic mass is 10.4. The Morgan fingerprint density at radius 2 is 2.29 bits per heavy atom. The Balaban J connectivity index is 2.90. The summed E-state index contributed by atoms with van der Waals surface area (Å²) in [6.45, 7) is 0. The number of halogens is 2. The summed E-state index contributed by atoms with van der Waals surface area (Å²) < 4.78 is 1.37. The van der Waals surface area contributed by atoms with E-state index in [1.54, 1.807) is 18.2 Å². The predicted molar refractivity (Wildman–Crippen MR) is 59.1 cm³/mol. The lowest BCUT2D eigenvalue weighted by Gasteiger charge is -2.02. The van der Waals surface area contributed by atoms with Crippen LogP contribution in [0, 0.1) is 0 Å². The Hall–Kier alpha value is -0.870. The topological polar surface area (TPSA) is 34.4 Å². The van der Waals surface area contributed by atoms with Crippen LogP contribution in [-0.2, 0) is 5.33 Å². The average Bonchev–Trinajstić information content (AvgIpc) is 2.17. The minimum Gasteiger partial charge on any atom is -0.269 e. The van der Waals surface area contributed by atoms with Crippen LogP contribution in [0.15, 0.2) is 29.1 Å². The molecule has 0 spiro atoms. The lowest BCUT2D eigenvalue weighted by Crippen LogP contribution is -2.15. The highest BCUT2D eigenvalue weighted by Crippen LogP contribution is 2.09. The van der Waals surface area contributed by atoms with Crippen molar-refractivity contribution >= 4 is 33.2 Å². The molecule has 2 aromatic rings. The Kier molecular flexibility index (Phi) is 2.56. The Bertz CT molecular complexity index is 538. The molecular formula is C9H6BrClN2O. The number of hydrogen-bond donors (Lipinski definition) is 0. The van der Waals surface area contributed by atoms with E-state index in [-0.39, 0.29) is 5.56 Å². The first kappa shape index (κ1) is 9.68. The molecular weight excluding hydrogens is 267 g/mol. The molecule has 0 amide bonds. The van der Waals surface area contributed by atoms with E-state index in [4.69, 9.17) is 11.6 Å². The van der Waals surface area contributed by atoms with Gasteiger partial charge in [0.25, 0.3) is 5.56 Å². The van der Waals surface area contributed by atoms with Gasteiger partial charge >= 0.3 is 0 Å². The normalized spacial score (nSPS) is 10.7. The molecule has 0 unspecified atom stereocenters.